The minimum absolute atomic E-state index is 0.214. The maximum absolute atomic E-state index is 10.4. The second-order valence-electron chi connectivity index (χ2n) is 4.96. The predicted molar refractivity (Wildman–Crippen MR) is 67.4 cm³/mol. The maximum atomic E-state index is 10.4. The van der Waals surface area contributed by atoms with E-state index in [0.29, 0.717) is 11.2 Å². The lowest BCUT2D eigenvalue weighted by Gasteiger charge is -2.27. The third kappa shape index (κ3) is 1.68. The van der Waals surface area contributed by atoms with E-state index in [1.54, 1.807) is 0 Å². The Morgan fingerprint density at radius 3 is 2.85 bits per heavy atom. The molecule has 0 aromatic carbocycles. The summed E-state index contributed by atoms with van der Waals surface area (Å²) in [7, 11) is 0. The molecule has 3 heterocycles. The fraction of sp³-hybridized carbons (Fsp3) is 0.545. The lowest BCUT2D eigenvalue weighted by atomic mass is 9.96. The van der Waals surface area contributed by atoms with Crippen LogP contribution in [-0.4, -0.2) is 59.3 Å². The molecule has 9 nitrogen and oxygen atoms in total. The molecular formula is C11H15N5O4. The number of hydrogen-bond acceptors (Lipinski definition) is 8. The van der Waals surface area contributed by atoms with Crippen molar-refractivity contribution in [2.24, 2.45) is 0 Å². The summed E-state index contributed by atoms with van der Waals surface area (Å²) in [5, 5.41) is 29.6. The number of nitrogen functional groups attached to an aromatic ring is 1. The van der Waals surface area contributed by atoms with Gasteiger partial charge in [-0.3, -0.25) is 4.57 Å². The van der Waals surface area contributed by atoms with Gasteiger partial charge in [-0.25, -0.2) is 15.0 Å². The summed E-state index contributed by atoms with van der Waals surface area (Å²) in [5.41, 5.74) is 4.87. The van der Waals surface area contributed by atoms with Gasteiger partial charge in [0, 0.05) is 0 Å². The van der Waals surface area contributed by atoms with Crippen molar-refractivity contribution < 1.29 is 20.1 Å². The molecule has 1 aliphatic heterocycles. The van der Waals surface area contributed by atoms with E-state index in [1.807, 2.05) is 0 Å². The van der Waals surface area contributed by atoms with Gasteiger partial charge in [-0.1, -0.05) is 0 Å². The zero-order valence-electron chi connectivity index (χ0n) is 10.7. The van der Waals surface area contributed by atoms with E-state index >= 15 is 0 Å². The molecule has 2 aromatic rings. The summed E-state index contributed by atoms with van der Waals surface area (Å²) < 4.78 is 6.97. The van der Waals surface area contributed by atoms with E-state index < -0.39 is 30.6 Å². The van der Waals surface area contributed by atoms with Crippen molar-refractivity contribution >= 4 is 17.0 Å². The number of aliphatic hydroxyl groups excluding tert-OH is 2. The maximum Gasteiger partial charge on any atom is 0.168 e. The Bertz CT molecular complexity index is 643. The molecule has 0 radical (unpaired) electrons. The van der Waals surface area contributed by atoms with Crippen molar-refractivity contribution in [2.45, 2.75) is 31.0 Å². The first-order chi connectivity index (χ1) is 9.46. The van der Waals surface area contributed by atoms with Gasteiger partial charge in [-0.2, -0.15) is 0 Å². The van der Waals surface area contributed by atoms with Gasteiger partial charge in [0.1, 0.15) is 29.7 Å². The van der Waals surface area contributed by atoms with Crippen LogP contribution < -0.4 is 5.73 Å². The van der Waals surface area contributed by atoms with E-state index in [2.05, 4.69) is 15.0 Å². The van der Waals surface area contributed by atoms with E-state index in [1.165, 1.54) is 24.1 Å². The van der Waals surface area contributed by atoms with Gasteiger partial charge in [0.2, 0.25) is 0 Å². The lowest BCUT2D eigenvalue weighted by molar-refractivity contribution is -0.0950. The first kappa shape index (κ1) is 13.2. The quantitative estimate of drug-likeness (QED) is 0.516. The van der Waals surface area contributed by atoms with Gasteiger partial charge in [0.05, 0.1) is 12.9 Å². The highest BCUT2D eigenvalue weighted by atomic mass is 16.6. The summed E-state index contributed by atoms with van der Waals surface area (Å²) in [5.74, 6) is 0.214. The molecule has 4 atom stereocenters. The highest BCUT2D eigenvalue weighted by Crippen LogP contribution is 2.39. The van der Waals surface area contributed by atoms with Crippen molar-refractivity contribution in [1.82, 2.24) is 19.5 Å². The van der Waals surface area contributed by atoms with Gasteiger partial charge in [-0.15, -0.1) is 0 Å². The Morgan fingerprint density at radius 2 is 2.20 bits per heavy atom. The van der Waals surface area contributed by atoms with Crippen molar-refractivity contribution in [2.75, 3.05) is 12.3 Å². The zero-order chi connectivity index (χ0) is 14.5. The number of aliphatic hydroxyl groups is 3. The number of ether oxygens (including phenoxy) is 1. The van der Waals surface area contributed by atoms with E-state index in [9.17, 15) is 15.3 Å². The number of nitrogens with two attached hydrogens (primary N) is 1. The molecule has 1 aliphatic rings. The average Bonchev–Trinajstić information content (AvgIpc) is 2.92. The van der Waals surface area contributed by atoms with Crippen LogP contribution in [0.25, 0.3) is 11.2 Å². The highest BCUT2D eigenvalue weighted by molar-refractivity contribution is 5.81. The van der Waals surface area contributed by atoms with Crippen molar-refractivity contribution in [1.29, 1.82) is 0 Å². The number of nitrogens with zero attached hydrogens (tertiary/aromatic N) is 4. The summed E-state index contributed by atoms with van der Waals surface area (Å²) in [4.78, 5) is 12.0. The Balaban J connectivity index is 2.10. The number of aromatic nitrogens is 4. The molecule has 1 fully saturated rings. The summed E-state index contributed by atoms with van der Waals surface area (Å²) in [6.07, 6.45) is -0.365. The van der Waals surface area contributed by atoms with Crippen LogP contribution in [-0.2, 0) is 4.74 Å². The van der Waals surface area contributed by atoms with E-state index in [4.69, 9.17) is 10.5 Å². The van der Waals surface area contributed by atoms with Crippen LogP contribution in [0, 0.1) is 0 Å². The largest absolute Gasteiger partial charge is 0.394 e. The Kier molecular flexibility index (Phi) is 2.87. The third-order valence-corrected chi connectivity index (χ3v) is 3.57. The van der Waals surface area contributed by atoms with Crippen LogP contribution in [0.3, 0.4) is 0 Å². The summed E-state index contributed by atoms with van der Waals surface area (Å²) >= 11 is 0. The minimum Gasteiger partial charge on any atom is -0.394 e. The van der Waals surface area contributed by atoms with Gasteiger partial charge >= 0.3 is 0 Å². The van der Waals surface area contributed by atoms with Gasteiger partial charge < -0.3 is 25.8 Å². The van der Waals surface area contributed by atoms with Crippen molar-refractivity contribution in [3.8, 4) is 0 Å². The minimum atomic E-state index is -1.60. The van der Waals surface area contributed by atoms with Crippen molar-refractivity contribution in [3.05, 3.63) is 12.7 Å². The summed E-state index contributed by atoms with van der Waals surface area (Å²) in [6.45, 7) is 1.02. The molecular weight excluding hydrogens is 266 g/mol. The standard InChI is InChI=1S/C11H15N5O4/c1-11(19)7(18)5(2-17)20-10(11)16-4-15-6-8(12)13-3-14-9(6)16/h3-5,7,10,17-19H,2H2,1H3,(H2,12,13,14)/t5-,7+,10?,11?/m1/s1. The van der Waals surface area contributed by atoms with Crippen molar-refractivity contribution in [3.63, 3.8) is 0 Å². The molecule has 0 saturated carbocycles. The first-order valence-electron chi connectivity index (χ1n) is 6.06. The molecule has 0 bridgehead atoms. The normalized spacial score (nSPS) is 33.9. The second kappa shape index (κ2) is 4.35. The Morgan fingerprint density at radius 1 is 1.45 bits per heavy atom. The summed E-state index contributed by atoms with van der Waals surface area (Å²) in [6, 6.07) is 0. The molecule has 0 aliphatic carbocycles. The fourth-order valence-electron chi connectivity index (χ4n) is 2.43. The smallest absolute Gasteiger partial charge is 0.168 e. The molecule has 9 heteroatoms. The highest BCUT2D eigenvalue weighted by Gasteiger charge is 2.53. The fourth-order valence-corrected chi connectivity index (χ4v) is 2.43. The SMILES string of the molecule is CC1(O)C(n2cnc3c(N)ncnc32)O[C@H](CO)[C@@H]1O. The number of imidazole rings is 1. The van der Waals surface area contributed by atoms with E-state index in [0.717, 1.165) is 0 Å². The molecule has 1 saturated heterocycles. The molecule has 2 unspecified atom stereocenters. The lowest BCUT2D eigenvalue weighted by Crippen LogP contribution is -2.44. The van der Waals surface area contributed by atoms with Gasteiger partial charge in [-0.05, 0) is 6.92 Å². The monoisotopic (exact) mass is 281 g/mol. The van der Waals surface area contributed by atoms with Crippen LogP contribution in [0.15, 0.2) is 12.7 Å². The third-order valence-electron chi connectivity index (χ3n) is 3.57. The molecule has 20 heavy (non-hydrogen) atoms. The van der Waals surface area contributed by atoms with Gasteiger partial charge in [0.15, 0.2) is 17.7 Å². The predicted octanol–water partition coefficient (Wildman–Crippen LogP) is -1.59. The first-order valence-corrected chi connectivity index (χ1v) is 6.06. The van der Waals surface area contributed by atoms with Crippen LogP contribution in [0.2, 0.25) is 0 Å². The van der Waals surface area contributed by atoms with Crippen LogP contribution >= 0.6 is 0 Å². The number of anilines is 1. The molecule has 0 spiro atoms. The molecule has 5 N–H and O–H groups in total. The zero-order valence-corrected chi connectivity index (χ0v) is 10.7. The molecule has 2 aromatic heterocycles. The molecule has 108 valence electrons. The Labute approximate surface area is 113 Å². The molecule has 3 rings (SSSR count). The number of fused-ring (bicyclic) bond motifs is 1. The van der Waals surface area contributed by atoms with Gasteiger partial charge in [0.25, 0.3) is 0 Å². The van der Waals surface area contributed by atoms with Crippen LogP contribution in [0.5, 0.6) is 0 Å². The number of hydrogen-bond donors (Lipinski definition) is 4. The Hall–Kier alpha value is -1.81. The number of rotatable bonds is 2. The average molecular weight is 281 g/mol. The molecule has 0 amide bonds. The second-order valence-corrected chi connectivity index (χ2v) is 4.96. The van der Waals surface area contributed by atoms with E-state index in [-0.39, 0.29) is 5.82 Å². The topological polar surface area (TPSA) is 140 Å². The van der Waals surface area contributed by atoms with Crippen LogP contribution in [0.4, 0.5) is 5.82 Å². The van der Waals surface area contributed by atoms with Crippen LogP contribution in [0.1, 0.15) is 13.2 Å².